The second-order valence-electron chi connectivity index (χ2n) is 13.6. The molecule has 68 heavy (non-hydrogen) atoms. The molecule has 1 radical (unpaired) electrons. The van der Waals surface area contributed by atoms with Gasteiger partial charge in [0.1, 0.15) is 0 Å². The molecule has 0 fully saturated rings. The van der Waals surface area contributed by atoms with Gasteiger partial charge in [-0.15, -0.1) is 23.6 Å². The molecule has 0 N–H and O–H groups in total. The molecule has 1 aliphatic carbocycles. The molecule has 0 saturated heterocycles. The standard InChI is InChI=1S/C25H19N.C24H17N.8C2H6.Y/c1-2-26-23-10-6-5-9-21(23)25-20-12-11-18-17-8-4-3-7-16(17)15-22(18)19(20)13-14-24(25)26;1-2-25-23-14-7-6-11-20(23)22-16-15-19-18(17-9-4-3-5-10-17)12-8-13-21(19)24(22)25;8*1-2;/h3-14H,2,15H2,1H3;3-9,11,13-16H,2H2,1H3;8*1-2H3;/q;-2;;;;;;;;;. The molecular weight excluding hydrogens is 898 g/mol. The van der Waals surface area contributed by atoms with Crippen molar-refractivity contribution in [3.8, 4) is 22.3 Å². The number of benzene rings is 8. The minimum absolute atomic E-state index is 0. The van der Waals surface area contributed by atoms with Gasteiger partial charge in [0, 0.05) is 89.4 Å². The maximum absolute atomic E-state index is 3.42. The SMILES string of the molecule is CC.CC.CC.CC.CC.CC.CC.CC.CCn1c2ccccc2c2c3ccc4c(c3ccc21)Cc1ccccc1-4.CCn1c2ccccc2c2ccc3c(-c4[c-]cccc4)[c-]ccc3c21.[Y]. The molecule has 0 aliphatic heterocycles. The first-order chi connectivity index (χ1) is 33.2. The maximum atomic E-state index is 3.42. The summed E-state index contributed by atoms with van der Waals surface area (Å²) in [5.41, 5.74) is 13.2. The average Bonchev–Trinajstić information content (AvgIpc) is 4.11. The summed E-state index contributed by atoms with van der Waals surface area (Å²) >= 11 is 0. The van der Waals surface area contributed by atoms with Gasteiger partial charge in [0.2, 0.25) is 0 Å². The Labute approximate surface area is 439 Å². The molecule has 0 saturated carbocycles. The summed E-state index contributed by atoms with van der Waals surface area (Å²) in [4.78, 5) is 0. The van der Waals surface area contributed by atoms with Gasteiger partial charge in [-0.05, 0) is 71.5 Å². The summed E-state index contributed by atoms with van der Waals surface area (Å²) in [6, 6.07) is 59.3. The fourth-order valence-corrected chi connectivity index (χ4v) is 8.87. The van der Waals surface area contributed by atoms with Crippen LogP contribution in [0.2, 0.25) is 0 Å². The van der Waals surface area contributed by atoms with Gasteiger partial charge in [0.15, 0.2) is 0 Å². The van der Waals surface area contributed by atoms with Crippen LogP contribution in [-0.2, 0) is 52.2 Å². The van der Waals surface area contributed by atoms with Crippen LogP contribution >= 0.6 is 0 Å². The van der Waals surface area contributed by atoms with Crippen molar-refractivity contribution in [2.24, 2.45) is 0 Å². The molecule has 0 spiro atoms. The summed E-state index contributed by atoms with van der Waals surface area (Å²) in [5, 5.41) is 10.7. The predicted molar refractivity (Wildman–Crippen MR) is 307 cm³/mol. The van der Waals surface area contributed by atoms with Gasteiger partial charge >= 0.3 is 0 Å². The van der Waals surface area contributed by atoms with Gasteiger partial charge in [-0.25, -0.2) is 11.1 Å². The van der Waals surface area contributed by atoms with Gasteiger partial charge in [-0.3, -0.25) is 0 Å². The molecule has 8 aromatic carbocycles. The van der Waals surface area contributed by atoms with E-state index in [-0.39, 0.29) is 32.7 Å². The van der Waals surface area contributed by atoms with E-state index in [1.165, 1.54) is 87.4 Å². The Morgan fingerprint density at radius 2 is 0.897 bits per heavy atom. The number of aromatic nitrogens is 2. The average molecular weight is 982 g/mol. The Morgan fingerprint density at radius 3 is 1.51 bits per heavy atom. The van der Waals surface area contributed by atoms with Crippen molar-refractivity contribution in [2.75, 3.05) is 0 Å². The summed E-state index contributed by atoms with van der Waals surface area (Å²) < 4.78 is 4.86. The van der Waals surface area contributed by atoms with E-state index in [1.54, 1.807) is 0 Å². The van der Waals surface area contributed by atoms with Crippen LogP contribution in [-0.4, -0.2) is 9.13 Å². The molecule has 0 bridgehead atoms. The number of aryl methyl sites for hydroxylation is 2. The van der Waals surface area contributed by atoms with Gasteiger partial charge in [0.25, 0.3) is 0 Å². The number of hydrogen-bond donors (Lipinski definition) is 0. The third-order valence-electron chi connectivity index (χ3n) is 11.1. The van der Waals surface area contributed by atoms with Gasteiger partial charge < -0.3 is 9.13 Å². The molecule has 359 valence electrons. The van der Waals surface area contributed by atoms with Crippen LogP contribution in [0.1, 0.15) is 136 Å². The number of nitrogens with zero attached hydrogens (tertiary/aromatic N) is 2. The Bertz CT molecular complexity index is 2970. The van der Waals surface area contributed by atoms with Crippen molar-refractivity contribution >= 4 is 65.2 Å². The van der Waals surface area contributed by atoms with E-state index in [0.717, 1.165) is 30.6 Å². The molecule has 2 aromatic heterocycles. The monoisotopic (exact) mass is 982 g/mol. The van der Waals surface area contributed by atoms with Crippen molar-refractivity contribution < 1.29 is 32.7 Å². The van der Waals surface area contributed by atoms with E-state index in [2.05, 4.69) is 163 Å². The van der Waals surface area contributed by atoms with Gasteiger partial charge in [0.05, 0.1) is 0 Å². The van der Waals surface area contributed by atoms with Crippen molar-refractivity contribution in [1.82, 2.24) is 9.13 Å². The van der Waals surface area contributed by atoms with E-state index >= 15 is 0 Å². The van der Waals surface area contributed by atoms with Crippen LogP contribution in [0.3, 0.4) is 0 Å². The minimum atomic E-state index is 0. The Balaban J connectivity index is 0.000000521. The summed E-state index contributed by atoms with van der Waals surface area (Å²) in [7, 11) is 0. The van der Waals surface area contributed by atoms with E-state index in [1.807, 2.05) is 129 Å². The first kappa shape index (κ1) is 61.0. The van der Waals surface area contributed by atoms with Crippen LogP contribution < -0.4 is 0 Å². The maximum Gasteiger partial charge on any atom is 0.0497 e. The molecule has 10 aromatic rings. The van der Waals surface area contributed by atoms with Crippen molar-refractivity contribution in [3.63, 3.8) is 0 Å². The van der Waals surface area contributed by atoms with Crippen molar-refractivity contribution in [3.05, 3.63) is 169 Å². The first-order valence-electron chi connectivity index (χ1n) is 26.1. The summed E-state index contributed by atoms with van der Waals surface area (Å²) in [5.74, 6) is 0. The Morgan fingerprint density at radius 1 is 0.382 bits per heavy atom. The molecule has 0 unspecified atom stereocenters. The Kier molecular flexibility index (Phi) is 29.3. The predicted octanol–water partition coefficient (Wildman–Crippen LogP) is 21.0. The zero-order valence-electron chi connectivity index (χ0n) is 45.4. The fourth-order valence-electron chi connectivity index (χ4n) is 8.87. The van der Waals surface area contributed by atoms with E-state index in [9.17, 15) is 0 Å². The molecule has 2 heterocycles. The third kappa shape index (κ3) is 12.4. The zero-order valence-corrected chi connectivity index (χ0v) is 48.3. The van der Waals surface area contributed by atoms with Crippen LogP contribution in [0.5, 0.6) is 0 Å². The molecule has 2 nitrogen and oxygen atoms in total. The minimum Gasteiger partial charge on any atom is -0.342 e. The molecule has 11 rings (SSSR count). The molecule has 0 amide bonds. The first-order valence-corrected chi connectivity index (χ1v) is 26.1. The number of rotatable bonds is 3. The molecule has 3 heteroatoms. The van der Waals surface area contributed by atoms with Crippen LogP contribution in [0, 0.1) is 12.1 Å². The second-order valence-corrected chi connectivity index (χ2v) is 13.6. The van der Waals surface area contributed by atoms with E-state index in [4.69, 9.17) is 0 Å². The largest absolute Gasteiger partial charge is 0.342 e. The summed E-state index contributed by atoms with van der Waals surface area (Å²) in [6.45, 7) is 38.4. The number of para-hydroxylation sites is 2. The fraction of sp³-hybridized carbons (Fsp3) is 0.323. The number of fused-ring (bicyclic) bond motifs is 14. The summed E-state index contributed by atoms with van der Waals surface area (Å²) in [6.07, 6.45) is 1.04. The van der Waals surface area contributed by atoms with Gasteiger partial charge in [-0.2, -0.15) is 36.4 Å². The molecular formula is C65H84N2Y-2. The van der Waals surface area contributed by atoms with Gasteiger partial charge in [-0.1, -0.05) is 201 Å². The topological polar surface area (TPSA) is 9.86 Å². The number of hydrogen-bond acceptors (Lipinski definition) is 0. The van der Waals surface area contributed by atoms with Crippen molar-refractivity contribution in [1.29, 1.82) is 0 Å². The van der Waals surface area contributed by atoms with Crippen molar-refractivity contribution in [2.45, 2.75) is 144 Å². The Hall–Kier alpha value is -5.02. The smallest absolute Gasteiger partial charge is 0.0497 e. The van der Waals surface area contributed by atoms with E-state index in [0.29, 0.717) is 0 Å². The zero-order chi connectivity index (χ0) is 50.1. The van der Waals surface area contributed by atoms with Crippen LogP contribution in [0.4, 0.5) is 0 Å². The molecule has 0 atom stereocenters. The second kappa shape index (κ2) is 32.7. The van der Waals surface area contributed by atoms with Crippen LogP contribution in [0.25, 0.3) is 87.4 Å². The quantitative estimate of drug-likeness (QED) is 0.156. The van der Waals surface area contributed by atoms with E-state index < -0.39 is 0 Å². The third-order valence-corrected chi connectivity index (χ3v) is 11.1. The molecule has 1 aliphatic rings. The van der Waals surface area contributed by atoms with Crippen LogP contribution in [0.15, 0.2) is 146 Å². The normalized spacial score (nSPS) is 9.85.